The maximum atomic E-state index is 13.4. The summed E-state index contributed by atoms with van der Waals surface area (Å²) in [6, 6.07) is 13.8. The van der Waals surface area contributed by atoms with Gasteiger partial charge in [-0.2, -0.15) is 0 Å². The van der Waals surface area contributed by atoms with Crippen LogP contribution < -0.4 is 10.6 Å². The minimum atomic E-state index is -0.263. The minimum Gasteiger partial charge on any atom is -0.376 e. The van der Waals surface area contributed by atoms with Crippen molar-refractivity contribution in [3.8, 4) is 11.3 Å². The first-order valence-corrected chi connectivity index (χ1v) is 8.72. The van der Waals surface area contributed by atoms with Gasteiger partial charge in [0.25, 0.3) is 0 Å². The normalized spacial score (nSPS) is 16.7. The number of urea groups is 1. The lowest BCUT2D eigenvalue weighted by Crippen LogP contribution is -2.35. The van der Waals surface area contributed by atoms with Crippen LogP contribution in [0.15, 0.2) is 48.5 Å². The predicted molar refractivity (Wildman–Crippen MR) is 99.7 cm³/mol. The third-order valence-electron chi connectivity index (χ3n) is 4.53. The minimum absolute atomic E-state index is 0.110. The van der Waals surface area contributed by atoms with Gasteiger partial charge in [0.15, 0.2) is 0 Å². The quantitative estimate of drug-likeness (QED) is 0.656. The Labute approximate surface area is 150 Å². The average molecular weight is 353 g/mol. The summed E-state index contributed by atoms with van der Waals surface area (Å²) in [5, 5.41) is 6.49. The average Bonchev–Trinajstić information content (AvgIpc) is 3.29. The van der Waals surface area contributed by atoms with Gasteiger partial charge in [0.2, 0.25) is 0 Å². The molecule has 134 valence electrons. The number of aromatic amines is 1. The number of carbonyl (C=O) groups is 1. The highest BCUT2D eigenvalue weighted by Gasteiger charge is 2.16. The molecule has 4 rings (SSSR count). The summed E-state index contributed by atoms with van der Waals surface area (Å²) < 4.78 is 18.9. The van der Waals surface area contributed by atoms with E-state index in [0.29, 0.717) is 12.2 Å². The summed E-state index contributed by atoms with van der Waals surface area (Å²) >= 11 is 0. The van der Waals surface area contributed by atoms with Crippen LogP contribution >= 0.6 is 0 Å². The molecule has 0 spiro atoms. The number of ether oxygens (including phenoxy) is 1. The standard InChI is InChI=1S/C20H20FN3O2/c21-15-6-7-18-14(9-15)11-19(24-18)13-3-1-4-16(10-13)23-20(25)22-12-17-5-2-8-26-17/h1,3-4,6-7,9-11,17,24H,2,5,8,12H2,(H2,22,23,25)/t17-/m0/s1. The Morgan fingerprint density at radius 2 is 2.15 bits per heavy atom. The second-order valence-electron chi connectivity index (χ2n) is 6.47. The maximum Gasteiger partial charge on any atom is 0.319 e. The molecule has 2 heterocycles. The Balaban J connectivity index is 1.46. The summed E-state index contributed by atoms with van der Waals surface area (Å²) in [6.45, 7) is 1.28. The first-order valence-electron chi connectivity index (χ1n) is 8.72. The van der Waals surface area contributed by atoms with Gasteiger partial charge in [-0.25, -0.2) is 9.18 Å². The van der Waals surface area contributed by atoms with Crippen LogP contribution in [0.4, 0.5) is 14.9 Å². The van der Waals surface area contributed by atoms with E-state index in [0.717, 1.165) is 41.6 Å². The Morgan fingerprint density at radius 3 is 3.00 bits per heavy atom. The largest absolute Gasteiger partial charge is 0.376 e. The van der Waals surface area contributed by atoms with E-state index in [9.17, 15) is 9.18 Å². The summed E-state index contributed by atoms with van der Waals surface area (Å²) in [5.74, 6) is -0.263. The van der Waals surface area contributed by atoms with Gasteiger partial charge in [-0.3, -0.25) is 0 Å². The van der Waals surface area contributed by atoms with E-state index in [2.05, 4.69) is 15.6 Å². The molecule has 6 heteroatoms. The second kappa shape index (κ2) is 7.17. The summed E-state index contributed by atoms with van der Waals surface area (Å²) in [6.07, 6.45) is 2.14. The van der Waals surface area contributed by atoms with Gasteiger partial charge in [0.05, 0.1) is 6.10 Å². The zero-order valence-corrected chi connectivity index (χ0v) is 14.2. The molecule has 1 aliphatic heterocycles. The maximum absolute atomic E-state index is 13.4. The lowest BCUT2D eigenvalue weighted by molar-refractivity contribution is 0.112. The highest BCUT2D eigenvalue weighted by molar-refractivity contribution is 5.91. The van der Waals surface area contributed by atoms with Gasteiger partial charge >= 0.3 is 6.03 Å². The topological polar surface area (TPSA) is 66.2 Å². The van der Waals surface area contributed by atoms with Crippen molar-refractivity contribution in [1.29, 1.82) is 0 Å². The molecule has 26 heavy (non-hydrogen) atoms. The number of hydrogen-bond acceptors (Lipinski definition) is 2. The number of anilines is 1. The van der Waals surface area contributed by atoms with E-state index in [1.165, 1.54) is 12.1 Å². The van der Waals surface area contributed by atoms with E-state index in [4.69, 9.17) is 4.74 Å². The molecule has 1 fully saturated rings. The van der Waals surface area contributed by atoms with E-state index < -0.39 is 0 Å². The van der Waals surface area contributed by atoms with Gasteiger partial charge < -0.3 is 20.4 Å². The van der Waals surface area contributed by atoms with Crippen LogP contribution in [0.25, 0.3) is 22.2 Å². The number of carbonyl (C=O) groups excluding carboxylic acids is 1. The van der Waals surface area contributed by atoms with E-state index in [1.54, 1.807) is 6.07 Å². The van der Waals surface area contributed by atoms with Gasteiger partial charge in [-0.1, -0.05) is 12.1 Å². The number of aromatic nitrogens is 1. The van der Waals surface area contributed by atoms with Crippen molar-refractivity contribution >= 4 is 22.6 Å². The molecule has 1 atom stereocenters. The number of benzene rings is 2. The Bertz CT molecular complexity index is 932. The molecule has 2 aromatic carbocycles. The van der Waals surface area contributed by atoms with Gasteiger partial charge in [0.1, 0.15) is 5.82 Å². The molecule has 1 saturated heterocycles. The number of fused-ring (bicyclic) bond motifs is 1. The van der Waals surface area contributed by atoms with Crippen LogP contribution in [0.3, 0.4) is 0 Å². The molecule has 3 aromatic rings. The Hall–Kier alpha value is -2.86. The fourth-order valence-corrected chi connectivity index (χ4v) is 3.21. The van der Waals surface area contributed by atoms with Crippen molar-refractivity contribution in [3.63, 3.8) is 0 Å². The zero-order chi connectivity index (χ0) is 17.9. The van der Waals surface area contributed by atoms with Crippen molar-refractivity contribution < 1.29 is 13.9 Å². The van der Waals surface area contributed by atoms with Crippen LogP contribution in [0.2, 0.25) is 0 Å². The van der Waals surface area contributed by atoms with Crippen molar-refractivity contribution in [1.82, 2.24) is 10.3 Å². The highest BCUT2D eigenvalue weighted by atomic mass is 19.1. The number of halogens is 1. The van der Waals surface area contributed by atoms with Gasteiger partial charge in [-0.15, -0.1) is 0 Å². The molecule has 3 N–H and O–H groups in total. The monoisotopic (exact) mass is 353 g/mol. The molecule has 1 aliphatic rings. The molecule has 0 radical (unpaired) electrons. The van der Waals surface area contributed by atoms with Crippen LogP contribution in [0, 0.1) is 5.82 Å². The van der Waals surface area contributed by atoms with Crippen LogP contribution in [0.1, 0.15) is 12.8 Å². The lowest BCUT2D eigenvalue weighted by atomic mass is 10.1. The van der Waals surface area contributed by atoms with E-state index >= 15 is 0 Å². The summed E-state index contributed by atoms with van der Waals surface area (Å²) in [5.41, 5.74) is 3.35. The Kier molecular flexibility index (Phi) is 4.58. The molecule has 5 nitrogen and oxygen atoms in total. The molecule has 2 amide bonds. The van der Waals surface area contributed by atoms with Gasteiger partial charge in [-0.05, 0) is 49.2 Å². The molecule has 0 bridgehead atoms. The van der Waals surface area contributed by atoms with Crippen molar-refractivity contribution in [2.45, 2.75) is 18.9 Å². The molecule has 0 unspecified atom stereocenters. The number of rotatable bonds is 4. The van der Waals surface area contributed by atoms with E-state index in [1.807, 2.05) is 30.3 Å². The van der Waals surface area contributed by atoms with Crippen molar-refractivity contribution in [2.24, 2.45) is 0 Å². The van der Waals surface area contributed by atoms with Crippen LogP contribution in [0.5, 0.6) is 0 Å². The molecule has 0 saturated carbocycles. The first kappa shape index (κ1) is 16.6. The lowest BCUT2D eigenvalue weighted by Gasteiger charge is -2.12. The zero-order valence-electron chi connectivity index (χ0n) is 14.2. The Morgan fingerprint density at radius 1 is 1.23 bits per heavy atom. The highest BCUT2D eigenvalue weighted by Crippen LogP contribution is 2.26. The van der Waals surface area contributed by atoms with Crippen LogP contribution in [-0.4, -0.2) is 30.3 Å². The van der Waals surface area contributed by atoms with Crippen molar-refractivity contribution in [3.05, 3.63) is 54.3 Å². The smallest absolute Gasteiger partial charge is 0.319 e. The fraction of sp³-hybridized carbons (Fsp3) is 0.250. The first-order chi connectivity index (χ1) is 12.7. The number of nitrogens with one attached hydrogen (secondary N) is 3. The summed E-state index contributed by atoms with van der Waals surface area (Å²) in [4.78, 5) is 15.3. The number of amides is 2. The number of H-pyrrole nitrogens is 1. The SMILES string of the molecule is O=C(NC[C@@H]1CCCO1)Nc1cccc(-c2cc3cc(F)ccc3[nH]2)c1. The summed E-state index contributed by atoms with van der Waals surface area (Å²) in [7, 11) is 0. The number of hydrogen-bond donors (Lipinski definition) is 3. The van der Waals surface area contributed by atoms with Crippen molar-refractivity contribution in [2.75, 3.05) is 18.5 Å². The third-order valence-corrected chi connectivity index (χ3v) is 4.53. The fourth-order valence-electron chi connectivity index (χ4n) is 3.21. The van der Waals surface area contributed by atoms with Crippen LogP contribution in [-0.2, 0) is 4.74 Å². The third kappa shape index (κ3) is 3.70. The molecular formula is C20H20FN3O2. The molecule has 1 aromatic heterocycles. The predicted octanol–water partition coefficient (Wildman–Crippen LogP) is 4.27. The molecular weight excluding hydrogens is 333 g/mol. The second-order valence-corrected chi connectivity index (χ2v) is 6.47. The molecule has 0 aliphatic carbocycles. The van der Waals surface area contributed by atoms with Gasteiger partial charge in [0, 0.05) is 41.0 Å². The van der Waals surface area contributed by atoms with E-state index in [-0.39, 0.29) is 18.0 Å².